The molecule has 1 atom stereocenters. The van der Waals surface area contributed by atoms with Crippen molar-refractivity contribution >= 4 is 33.0 Å². The summed E-state index contributed by atoms with van der Waals surface area (Å²) in [6.45, 7) is 3.89. The summed E-state index contributed by atoms with van der Waals surface area (Å²) >= 11 is 7.63. The van der Waals surface area contributed by atoms with Crippen LogP contribution in [0.3, 0.4) is 0 Å². The molecule has 1 heterocycles. The third kappa shape index (κ3) is 4.30. The summed E-state index contributed by atoms with van der Waals surface area (Å²) in [4.78, 5) is 1.30. The molecular formula is C15H18ClNO2S2. The molecule has 21 heavy (non-hydrogen) atoms. The van der Waals surface area contributed by atoms with Crippen LogP contribution >= 0.6 is 22.9 Å². The number of sulfonamides is 1. The second-order valence-corrected chi connectivity index (χ2v) is 8.06. The van der Waals surface area contributed by atoms with E-state index in [0.29, 0.717) is 22.8 Å². The number of halogens is 1. The zero-order chi connectivity index (χ0) is 15.5. The zero-order valence-electron chi connectivity index (χ0n) is 12.0. The third-order valence-electron chi connectivity index (χ3n) is 3.27. The maximum absolute atomic E-state index is 12.4. The minimum Gasteiger partial charge on any atom is -0.208 e. The smallest absolute Gasteiger partial charge is 0.208 e. The van der Waals surface area contributed by atoms with Crippen LogP contribution in [-0.4, -0.2) is 14.5 Å². The molecule has 0 aliphatic rings. The fraction of sp³-hybridized carbons (Fsp3) is 0.333. The number of rotatable bonds is 6. The van der Waals surface area contributed by atoms with Gasteiger partial charge in [-0.2, -0.15) is 0 Å². The predicted molar refractivity (Wildman–Crippen MR) is 88.6 cm³/mol. The van der Waals surface area contributed by atoms with Gasteiger partial charge in [-0.1, -0.05) is 36.2 Å². The molecule has 0 unspecified atom stereocenters. The van der Waals surface area contributed by atoms with Crippen molar-refractivity contribution in [3.8, 4) is 0 Å². The Balaban J connectivity index is 2.13. The highest BCUT2D eigenvalue weighted by atomic mass is 35.5. The van der Waals surface area contributed by atoms with Crippen LogP contribution in [0.1, 0.15) is 23.8 Å². The summed E-state index contributed by atoms with van der Waals surface area (Å²) in [6, 6.07) is 8.53. The van der Waals surface area contributed by atoms with E-state index in [4.69, 9.17) is 11.6 Å². The number of hydrogen-bond acceptors (Lipinski definition) is 3. The quantitative estimate of drug-likeness (QED) is 0.861. The first kappa shape index (κ1) is 16.5. The molecule has 1 aromatic carbocycles. The van der Waals surface area contributed by atoms with E-state index in [9.17, 15) is 8.42 Å². The van der Waals surface area contributed by atoms with Gasteiger partial charge < -0.3 is 0 Å². The molecule has 3 nitrogen and oxygen atoms in total. The molecule has 0 saturated heterocycles. The second kappa shape index (κ2) is 6.92. The van der Waals surface area contributed by atoms with E-state index in [1.807, 2.05) is 25.3 Å². The van der Waals surface area contributed by atoms with Crippen molar-refractivity contribution < 1.29 is 8.42 Å². The molecule has 0 saturated carbocycles. The van der Waals surface area contributed by atoms with E-state index < -0.39 is 10.0 Å². The Morgan fingerprint density at radius 2 is 1.90 bits per heavy atom. The van der Waals surface area contributed by atoms with Crippen molar-refractivity contribution in [2.75, 3.05) is 0 Å². The Morgan fingerprint density at radius 1 is 1.24 bits per heavy atom. The lowest BCUT2D eigenvalue weighted by atomic mass is 10.1. The van der Waals surface area contributed by atoms with Crippen LogP contribution in [0.2, 0.25) is 5.02 Å². The van der Waals surface area contributed by atoms with Gasteiger partial charge in [-0.05, 0) is 43.3 Å². The van der Waals surface area contributed by atoms with Crippen molar-refractivity contribution in [3.63, 3.8) is 0 Å². The first-order valence-corrected chi connectivity index (χ1v) is 9.47. The van der Waals surface area contributed by atoms with Gasteiger partial charge in [-0.15, -0.1) is 11.3 Å². The standard InChI is InChI=1S/C15H18ClNO2S2/c1-3-12(10-15-14(16)8-9-20-15)17-21(18,19)13-6-4-11(2)5-7-13/h4-9,12,17H,3,10H2,1-2H3/t12-/m1/s1. The van der Waals surface area contributed by atoms with Gasteiger partial charge in [-0.3, -0.25) is 0 Å². The molecule has 1 aromatic heterocycles. The number of thiophene rings is 1. The lowest BCUT2D eigenvalue weighted by Crippen LogP contribution is -2.35. The van der Waals surface area contributed by atoms with Gasteiger partial charge in [0, 0.05) is 10.9 Å². The number of benzene rings is 1. The summed E-state index contributed by atoms with van der Waals surface area (Å²) in [5.41, 5.74) is 1.03. The van der Waals surface area contributed by atoms with E-state index >= 15 is 0 Å². The molecular weight excluding hydrogens is 326 g/mol. The Morgan fingerprint density at radius 3 is 2.43 bits per heavy atom. The van der Waals surface area contributed by atoms with Gasteiger partial charge in [0.05, 0.1) is 9.92 Å². The minimum atomic E-state index is -3.49. The van der Waals surface area contributed by atoms with E-state index in [1.54, 1.807) is 35.6 Å². The minimum absolute atomic E-state index is 0.160. The van der Waals surface area contributed by atoms with Gasteiger partial charge in [0.1, 0.15) is 0 Å². The second-order valence-electron chi connectivity index (χ2n) is 4.94. The summed E-state index contributed by atoms with van der Waals surface area (Å²) in [5.74, 6) is 0. The fourth-order valence-corrected chi connectivity index (χ4v) is 4.48. The van der Waals surface area contributed by atoms with E-state index in [2.05, 4.69) is 4.72 Å². The maximum Gasteiger partial charge on any atom is 0.240 e. The van der Waals surface area contributed by atoms with Crippen LogP contribution in [0.4, 0.5) is 0 Å². The predicted octanol–water partition coefficient (Wildman–Crippen LogP) is 4.01. The number of nitrogens with one attached hydrogen (secondary N) is 1. The van der Waals surface area contributed by atoms with Crippen LogP contribution in [0.5, 0.6) is 0 Å². The SMILES string of the molecule is CC[C@H](Cc1sccc1Cl)NS(=O)(=O)c1ccc(C)cc1. The van der Waals surface area contributed by atoms with Crippen LogP contribution in [0.25, 0.3) is 0 Å². The topological polar surface area (TPSA) is 46.2 Å². The van der Waals surface area contributed by atoms with Crippen LogP contribution in [0.15, 0.2) is 40.6 Å². The first-order chi connectivity index (χ1) is 9.92. The van der Waals surface area contributed by atoms with Crippen molar-refractivity contribution in [2.24, 2.45) is 0 Å². The molecule has 0 fully saturated rings. The van der Waals surface area contributed by atoms with Gasteiger partial charge in [0.25, 0.3) is 0 Å². The highest BCUT2D eigenvalue weighted by molar-refractivity contribution is 7.89. The van der Waals surface area contributed by atoms with Crippen molar-refractivity contribution in [1.29, 1.82) is 0 Å². The zero-order valence-corrected chi connectivity index (χ0v) is 14.4. The summed E-state index contributed by atoms with van der Waals surface area (Å²) in [6.07, 6.45) is 1.32. The normalized spacial score (nSPS) is 13.3. The average molecular weight is 344 g/mol. The average Bonchev–Trinajstić information content (AvgIpc) is 2.83. The molecule has 0 spiro atoms. The lowest BCUT2D eigenvalue weighted by Gasteiger charge is -2.16. The summed E-state index contributed by atoms with van der Waals surface area (Å²) in [7, 11) is -3.49. The Hall–Kier alpha value is -0.880. The largest absolute Gasteiger partial charge is 0.240 e. The van der Waals surface area contributed by atoms with E-state index in [0.717, 1.165) is 10.4 Å². The van der Waals surface area contributed by atoms with Crippen molar-refractivity contribution in [3.05, 3.63) is 51.2 Å². The molecule has 1 N–H and O–H groups in total. The van der Waals surface area contributed by atoms with Gasteiger partial charge in [0.15, 0.2) is 0 Å². The third-order valence-corrected chi connectivity index (χ3v) is 6.21. The lowest BCUT2D eigenvalue weighted by molar-refractivity contribution is 0.538. The highest BCUT2D eigenvalue weighted by Gasteiger charge is 2.20. The van der Waals surface area contributed by atoms with Gasteiger partial charge in [0.2, 0.25) is 10.0 Å². The Bertz CT molecular complexity index is 693. The fourth-order valence-electron chi connectivity index (χ4n) is 1.97. The molecule has 114 valence electrons. The van der Waals surface area contributed by atoms with Crippen LogP contribution in [0, 0.1) is 6.92 Å². The maximum atomic E-state index is 12.4. The summed E-state index contributed by atoms with van der Waals surface area (Å²) < 4.78 is 27.5. The number of aryl methyl sites for hydroxylation is 1. The van der Waals surface area contributed by atoms with Crippen LogP contribution in [-0.2, 0) is 16.4 Å². The van der Waals surface area contributed by atoms with Gasteiger partial charge >= 0.3 is 0 Å². The molecule has 6 heteroatoms. The van der Waals surface area contributed by atoms with E-state index in [1.165, 1.54) is 0 Å². The van der Waals surface area contributed by atoms with Crippen molar-refractivity contribution in [2.45, 2.75) is 37.6 Å². The van der Waals surface area contributed by atoms with Crippen molar-refractivity contribution in [1.82, 2.24) is 4.72 Å². The molecule has 0 aliphatic heterocycles. The van der Waals surface area contributed by atoms with Gasteiger partial charge in [-0.25, -0.2) is 13.1 Å². The van der Waals surface area contributed by atoms with E-state index in [-0.39, 0.29) is 6.04 Å². The van der Waals surface area contributed by atoms with Crippen LogP contribution < -0.4 is 4.72 Å². The molecule has 0 radical (unpaired) electrons. The molecule has 2 rings (SSSR count). The Labute approximate surface area is 135 Å². The highest BCUT2D eigenvalue weighted by Crippen LogP contribution is 2.24. The number of hydrogen-bond donors (Lipinski definition) is 1. The summed E-state index contributed by atoms with van der Waals surface area (Å²) in [5, 5.41) is 2.62. The Kier molecular flexibility index (Phi) is 5.43. The molecule has 0 aliphatic carbocycles. The first-order valence-electron chi connectivity index (χ1n) is 6.73. The molecule has 0 amide bonds. The molecule has 0 bridgehead atoms. The molecule has 2 aromatic rings. The monoisotopic (exact) mass is 343 g/mol.